The van der Waals surface area contributed by atoms with E-state index in [9.17, 15) is 8.42 Å². The maximum absolute atomic E-state index is 12.5. The smallest absolute Gasteiger partial charge is 0.263 e. The second-order valence-electron chi connectivity index (χ2n) is 4.20. The molecular formula is C12H11BrCl2N2O2S2. The molecular weight excluding hydrogens is 419 g/mol. The molecule has 1 aromatic heterocycles. The molecule has 0 aliphatic heterocycles. The third-order valence-corrected chi connectivity index (χ3v) is 7.34. The van der Waals surface area contributed by atoms with E-state index in [2.05, 4.69) is 20.7 Å². The highest BCUT2D eigenvalue weighted by atomic mass is 79.9. The van der Waals surface area contributed by atoms with Crippen LogP contribution in [-0.4, -0.2) is 8.42 Å². The summed E-state index contributed by atoms with van der Waals surface area (Å²) in [6.07, 6.45) is 0. The first kappa shape index (κ1) is 17.1. The predicted molar refractivity (Wildman–Crippen MR) is 91.9 cm³/mol. The SMILES string of the molecule is Cc1csc(CN)c1S(=O)(=O)Nc1ccc(Br)c(Cl)c1Cl. The first-order chi connectivity index (χ1) is 9.77. The summed E-state index contributed by atoms with van der Waals surface area (Å²) < 4.78 is 28.1. The summed E-state index contributed by atoms with van der Waals surface area (Å²) in [5.74, 6) is 0. The van der Waals surface area contributed by atoms with Gasteiger partial charge in [-0.05, 0) is 45.9 Å². The second kappa shape index (κ2) is 6.44. The minimum Gasteiger partial charge on any atom is -0.326 e. The number of sulfonamides is 1. The van der Waals surface area contributed by atoms with Crippen LogP contribution >= 0.6 is 50.5 Å². The number of aryl methyl sites for hydroxylation is 1. The Hall–Kier alpha value is -0.310. The molecule has 0 unspecified atom stereocenters. The molecule has 0 fully saturated rings. The normalized spacial score (nSPS) is 11.7. The number of nitrogens with two attached hydrogens (primary N) is 1. The van der Waals surface area contributed by atoms with Gasteiger partial charge in [0.2, 0.25) is 0 Å². The quantitative estimate of drug-likeness (QED) is 0.708. The lowest BCUT2D eigenvalue weighted by Gasteiger charge is -2.12. The van der Waals surface area contributed by atoms with Gasteiger partial charge in [-0.3, -0.25) is 4.72 Å². The van der Waals surface area contributed by atoms with Crippen LogP contribution in [0.1, 0.15) is 10.4 Å². The van der Waals surface area contributed by atoms with Crippen LogP contribution in [0.15, 0.2) is 26.9 Å². The van der Waals surface area contributed by atoms with Gasteiger partial charge in [0.05, 0.1) is 15.7 Å². The zero-order valence-corrected chi connectivity index (χ0v) is 15.5. The number of rotatable bonds is 4. The number of hydrogen-bond donors (Lipinski definition) is 2. The molecule has 2 aromatic rings. The fourth-order valence-electron chi connectivity index (χ4n) is 1.79. The number of anilines is 1. The standard InChI is InChI=1S/C12H11BrCl2N2O2S2/c1-6-5-20-9(4-16)12(6)21(18,19)17-8-3-2-7(13)10(14)11(8)15/h2-3,5,17H,4,16H2,1H3. The Morgan fingerprint density at radius 1 is 1.33 bits per heavy atom. The van der Waals surface area contributed by atoms with E-state index in [4.69, 9.17) is 28.9 Å². The van der Waals surface area contributed by atoms with Crippen molar-refractivity contribution < 1.29 is 8.42 Å². The Bertz CT molecular complexity index is 791. The molecule has 21 heavy (non-hydrogen) atoms. The first-order valence-electron chi connectivity index (χ1n) is 5.71. The Labute approximate surface area is 145 Å². The lowest BCUT2D eigenvalue weighted by molar-refractivity contribution is 0.600. The minimum absolute atomic E-state index is 0.136. The molecule has 1 heterocycles. The van der Waals surface area contributed by atoms with Crippen molar-refractivity contribution in [2.45, 2.75) is 18.4 Å². The van der Waals surface area contributed by atoms with Crippen molar-refractivity contribution in [3.8, 4) is 0 Å². The number of halogens is 3. The van der Waals surface area contributed by atoms with Crippen LogP contribution in [0, 0.1) is 6.92 Å². The molecule has 0 radical (unpaired) electrons. The largest absolute Gasteiger partial charge is 0.326 e. The van der Waals surface area contributed by atoms with E-state index in [-0.39, 0.29) is 27.2 Å². The van der Waals surface area contributed by atoms with E-state index in [1.807, 2.05) is 0 Å². The van der Waals surface area contributed by atoms with Crippen LogP contribution in [0.3, 0.4) is 0 Å². The topological polar surface area (TPSA) is 72.2 Å². The summed E-state index contributed by atoms with van der Waals surface area (Å²) >= 11 is 16.6. The van der Waals surface area contributed by atoms with E-state index in [1.165, 1.54) is 11.3 Å². The van der Waals surface area contributed by atoms with Gasteiger partial charge in [-0.1, -0.05) is 23.2 Å². The zero-order valence-electron chi connectivity index (χ0n) is 10.8. The lowest BCUT2D eigenvalue weighted by atomic mass is 10.3. The Morgan fingerprint density at radius 2 is 2.00 bits per heavy atom. The molecule has 0 saturated heterocycles. The van der Waals surface area contributed by atoms with Gasteiger partial charge in [-0.15, -0.1) is 11.3 Å². The van der Waals surface area contributed by atoms with Gasteiger partial charge in [0.15, 0.2) is 0 Å². The van der Waals surface area contributed by atoms with Gasteiger partial charge in [-0.2, -0.15) is 0 Å². The fraction of sp³-hybridized carbons (Fsp3) is 0.167. The van der Waals surface area contributed by atoms with Crippen molar-refractivity contribution in [1.82, 2.24) is 0 Å². The molecule has 3 N–H and O–H groups in total. The van der Waals surface area contributed by atoms with Gasteiger partial charge < -0.3 is 5.73 Å². The summed E-state index contributed by atoms with van der Waals surface area (Å²) in [5, 5.41) is 2.14. The molecule has 9 heteroatoms. The molecule has 1 aromatic carbocycles. The van der Waals surface area contributed by atoms with E-state index < -0.39 is 10.0 Å². The maximum atomic E-state index is 12.5. The highest BCUT2D eigenvalue weighted by molar-refractivity contribution is 9.10. The molecule has 0 bridgehead atoms. The van der Waals surface area contributed by atoms with Crippen LogP contribution in [0.25, 0.3) is 0 Å². The van der Waals surface area contributed by atoms with Crippen LogP contribution < -0.4 is 10.5 Å². The van der Waals surface area contributed by atoms with Gasteiger partial charge in [-0.25, -0.2) is 8.42 Å². The summed E-state index contributed by atoms with van der Waals surface area (Å²) in [4.78, 5) is 0.796. The monoisotopic (exact) mass is 428 g/mol. The number of hydrogen-bond acceptors (Lipinski definition) is 4. The highest BCUT2D eigenvalue weighted by Gasteiger charge is 2.24. The van der Waals surface area contributed by atoms with E-state index in [1.54, 1.807) is 24.4 Å². The third kappa shape index (κ3) is 3.38. The van der Waals surface area contributed by atoms with Crippen molar-refractivity contribution in [1.29, 1.82) is 0 Å². The fourth-order valence-corrected chi connectivity index (χ4v) is 5.44. The molecule has 0 aliphatic rings. The molecule has 0 spiro atoms. The van der Waals surface area contributed by atoms with E-state index in [0.717, 1.165) is 0 Å². The van der Waals surface area contributed by atoms with E-state index in [0.29, 0.717) is 14.9 Å². The Kier molecular flexibility index (Phi) is 5.23. The molecule has 0 aliphatic carbocycles. The second-order valence-corrected chi connectivity index (χ2v) is 8.40. The van der Waals surface area contributed by atoms with Crippen molar-refractivity contribution in [2.75, 3.05) is 4.72 Å². The van der Waals surface area contributed by atoms with Gasteiger partial charge in [0.1, 0.15) is 4.90 Å². The number of benzene rings is 1. The van der Waals surface area contributed by atoms with Gasteiger partial charge >= 0.3 is 0 Å². The average molecular weight is 430 g/mol. The van der Waals surface area contributed by atoms with E-state index >= 15 is 0 Å². The van der Waals surface area contributed by atoms with Crippen molar-refractivity contribution in [2.24, 2.45) is 5.73 Å². The van der Waals surface area contributed by atoms with Gasteiger partial charge in [0.25, 0.3) is 10.0 Å². The predicted octanol–water partition coefficient (Wildman–Crippen LogP) is 4.39. The summed E-state index contributed by atoms with van der Waals surface area (Å²) in [6.45, 7) is 1.88. The maximum Gasteiger partial charge on any atom is 0.263 e. The molecule has 0 saturated carbocycles. The third-order valence-electron chi connectivity index (χ3n) is 2.72. The first-order valence-corrected chi connectivity index (χ1v) is 9.62. The summed E-state index contributed by atoms with van der Waals surface area (Å²) in [5.41, 5.74) is 6.46. The van der Waals surface area contributed by atoms with Crippen molar-refractivity contribution >= 4 is 66.2 Å². The molecule has 114 valence electrons. The van der Waals surface area contributed by atoms with Crippen LogP contribution in [0.5, 0.6) is 0 Å². The zero-order chi connectivity index (χ0) is 15.8. The summed E-state index contributed by atoms with van der Waals surface area (Å²) in [6, 6.07) is 3.16. The number of thiophene rings is 1. The molecule has 4 nitrogen and oxygen atoms in total. The van der Waals surface area contributed by atoms with Crippen LogP contribution in [0.4, 0.5) is 5.69 Å². The minimum atomic E-state index is -3.77. The van der Waals surface area contributed by atoms with Crippen LogP contribution in [0.2, 0.25) is 10.0 Å². The van der Waals surface area contributed by atoms with Crippen molar-refractivity contribution in [3.05, 3.63) is 42.5 Å². The molecule has 0 amide bonds. The Balaban J connectivity index is 2.48. The average Bonchev–Trinajstić information content (AvgIpc) is 2.81. The summed E-state index contributed by atoms with van der Waals surface area (Å²) in [7, 11) is -3.77. The lowest BCUT2D eigenvalue weighted by Crippen LogP contribution is -2.16. The number of nitrogens with one attached hydrogen (secondary N) is 1. The van der Waals surface area contributed by atoms with Gasteiger partial charge in [0, 0.05) is 15.9 Å². The highest BCUT2D eigenvalue weighted by Crippen LogP contribution is 2.37. The van der Waals surface area contributed by atoms with Crippen molar-refractivity contribution in [3.63, 3.8) is 0 Å². The van der Waals surface area contributed by atoms with Crippen LogP contribution in [-0.2, 0) is 16.6 Å². The molecule has 2 rings (SSSR count). The Morgan fingerprint density at radius 3 is 2.62 bits per heavy atom. The molecule has 0 atom stereocenters.